The van der Waals surface area contributed by atoms with Crippen molar-refractivity contribution in [3.63, 3.8) is 0 Å². The largest absolute Gasteiger partial charge is 0.348 e. The van der Waals surface area contributed by atoms with Crippen LogP contribution in [0.4, 0.5) is 5.69 Å². The molecular weight excluding hydrogens is 360 g/mol. The van der Waals surface area contributed by atoms with E-state index in [1.165, 1.54) is 0 Å². The molecule has 3 aromatic carbocycles. The molecule has 0 aliphatic rings. The highest BCUT2D eigenvalue weighted by Gasteiger charge is 2.09. The second kappa shape index (κ2) is 8.52. The number of rotatable bonds is 5. The van der Waals surface area contributed by atoms with E-state index in [9.17, 15) is 9.59 Å². The van der Waals surface area contributed by atoms with Crippen LogP contribution in [-0.2, 0) is 6.54 Å². The second-order valence-electron chi connectivity index (χ2n) is 6.21. The second-order valence-corrected chi connectivity index (χ2v) is 6.64. The molecule has 0 atom stereocenters. The van der Waals surface area contributed by atoms with Crippen molar-refractivity contribution in [1.82, 2.24) is 5.32 Å². The maximum Gasteiger partial charge on any atom is 0.255 e. The lowest BCUT2D eigenvalue weighted by Gasteiger charge is -2.08. The lowest BCUT2D eigenvalue weighted by molar-refractivity contribution is 0.0949. The molecule has 3 rings (SSSR count). The molecule has 2 amide bonds. The van der Waals surface area contributed by atoms with Gasteiger partial charge in [-0.1, -0.05) is 41.4 Å². The number of hydrogen-bond acceptors (Lipinski definition) is 2. The van der Waals surface area contributed by atoms with Crippen LogP contribution in [0.5, 0.6) is 0 Å². The summed E-state index contributed by atoms with van der Waals surface area (Å²) < 4.78 is 0. The maximum atomic E-state index is 12.3. The molecule has 0 unspecified atom stereocenters. The molecule has 4 nitrogen and oxygen atoms in total. The summed E-state index contributed by atoms with van der Waals surface area (Å²) >= 11 is 5.85. The smallest absolute Gasteiger partial charge is 0.255 e. The first-order valence-electron chi connectivity index (χ1n) is 8.52. The van der Waals surface area contributed by atoms with Gasteiger partial charge >= 0.3 is 0 Å². The minimum atomic E-state index is -0.216. The molecule has 136 valence electrons. The van der Waals surface area contributed by atoms with Crippen molar-refractivity contribution in [1.29, 1.82) is 0 Å². The van der Waals surface area contributed by atoms with Crippen LogP contribution in [0, 0.1) is 6.92 Å². The molecule has 0 spiro atoms. The number of carbonyl (C=O) groups excluding carboxylic acids is 2. The molecule has 0 saturated carbocycles. The quantitative estimate of drug-likeness (QED) is 0.668. The summed E-state index contributed by atoms with van der Waals surface area (Å²) in [6.45, 7) is 2.40. The van der Waals surface area contributed by atoms with Crippen LogP contribution in [0.3, 0.4) is 0 Å². The van der Waals surface area contributed by atoms with Gasteiger partial charge in [-0.05, 0) is 61.0 Å². The molecule has 0 bridgehead atoms. The number of benzene rings is 3. The fourth-order valence-electron chi connectivity index (χ4n) is 2.50. The van der Waals surface area contributed by atoms with E-state index in [1.807, 2.05) is 43.3 Å². The number of amides is 2. The van der Waals surface area contributed by atoms with Crippen LogP contribution >= 0.6 is 11.6 Å². The lowest BCUT2D eigenvalue weighted by Crippen LogP contribution is -2.22. The van der Waals surface area contributed by atoms with Crippen molar-refractivity contribution in [2.75, 3.05) is 5.32 Å². The number of aryl methyl sites for hydroxylation is 1. The van der Waals surface area contributed by atoms with Crippen LogP contribution in [0.15, 0.2) is 72.8 Å². The molecule has 0 fully saturated rings. The molecule has 0 saturated heterocycles. The SMILES string of the molecule is Cc1ccc(NC(=O)c2ccc(C(=O)NCc3ccc(Cl)cc3)cc2)cc1. The predicted molar refractivity (Wildman–Crippen MR) is 108 cm³/mol. The maximum absolute atomic E-state index is 12.3. The van der Waals surface area contributed by atoms with E-state index < -0.39 is 0 Å². The van der Waals surface area contributed by atoms with E-state index in [4.69, 9.17) is 11.6 Å². The summed E-state index contributed by atoms with van der Waals surface area (Å²) in [7, 11) is 0. The zero-order valence-corrected chi connectivity index (χ0v) is 15.6. The number of carbonyl (C=O) groups is 2. The first-order chi connectivity index (χ1) is 13.0. The summed E-state index contributed by atoms with van der Waals surface area (Å²) in [5, 5.41) is 6.34. The zero-order valence-electron chi connectivity index (χ0n) is 14.8. The van der Waals surface area contributed by atoms with E-state index in [-0.39, 0.29) is 11.8 Å². The molecule has 0 aromatic heterocycles. The van der Waals surface area contributed by atoms with E-state index >= 15 is 0 Å². The molecule has 0 aliphatic carbocycles. The Morgan fingerprint density at radius 1 is 0.778 bits per heavy atom. The third-order valence-electron chi connectivity index (χ3n) is 4.09. The first kappa shape index (κ1) is 18.7. The van der Waals surface area contributed by atoms with Crippen LogP contribution < -0.4 is 10.6 Å². The number of anilines is 1. The third-order valence-corrected chi connectivity index (χ3v) is 4.34. The normalized spacial score (nSPS) is 10.3. The predicted octanol–water partition coefficient (Wildman–Crippen LogP) is 4.83. The average Bonchev–Trinajstić information content (AvgIpc) is 2.69. The van der Waals surface area contributed by atoms with Crippen molar-refractivity contribution in [3.05, 3.63) is 100 Å². The highest BCUT2D eigenvalue weighted by molar-refractivity contribution is 6.30. The van der Waals surface area contributed by atoms with Gasteiger partial charge < -0.3 is 10.6 Å². The monoisotopic (exact) mass is 378 g/mol. The van der Waals surface area contributed by atoms with Crippen LogP contribution in [0.1, 0.15) is 31.8 Å². The Kier molecular flexibility index (Phi) is 5.89. The van der Waals surface area contributed by atoms with Gasteiger partial charge in [0.25, 0.3) is 11.8 Å². The number of hydrogen-bond donors (Lipinski definition) is 2. The minimum Gasteiger partial charge on any atom is -0.348 e. The molecular formula is C22H19ClN2O2. The van der Waals surface area contributed by atoms with Crippen molar-refractivity contribution < 1.29 is 9.59 Å². The summed E-state index contributed by atoms with van der Waals surface area (Å²) in [6, 6.07) is 21.4. The molecule has 5 heteroatoms. The fraction of sp³-hybridized carbons (Fsp3) is 0.0909. The van der Waals surface area contributed by atoms with E-state index in [1.54, 1.807) is 36.4 Å². The van der Waals surface area contributed by atoms with Gasteiger partial charge in [0.15, 0.2) is 0 Å². The van der Waals surface area contributed by atoms with Gasteiger partial charge in [-0.15, -0.1) is 0 Å². The average molecular weight is 379 g/mol. The Morgan fingerprint density at radius 3 is 1.93 bits per heavy atom. The van der Waals surface area contributed by atoms with Gasteiger partial charge in [0, 0.05) is 28.4 Å². The van der Waals surface area contributed by atoms with E-state index in [2.05, 4.69) is 10.6 Å². The number of nitrogens with one attached hydrogen (secondary N) is 2. The molecule has 0 radical (unpaired) electrons. The van der Waals surface area contributed by atoms with Gasteiger partial charge in [0.1, 0.15) is 0 Å². The molecule has 27 heavy (non-hydrogen) atoms. The molecule has 0 aliphatic heterocycles. The number of halogens is 1. The molecule has 3 aromatic rings. The van der Waals surface area contributed by atoms with Crippen molar-refractivity contribution in [3.8, 4) is 0 Å². The standard InChI is InChI=1S/C22H19ClN2O2/c1-15-2-12-20(13-3-15)25-22(27)18-8-6-17(7-9-18)21(26)24-14-16-4-10-19(23)11-5-16/h2-13H,14H2,1H3,(H,24,26)(H,25,27). The van der Waals surface area contributed by atoms with Crippen molar-refractivity contribution in [2.45, 2.75) is 13.5 Å². The zero-order chi connectivity index (χ0) is 19.2. The van der Waals surface area contributed by atoms with Crippen LogP contribution in [0.2, 0.25) is 5.02 Å². The highest BCUT2D eigenvalue weighted by atomic mass is 35.5. The Hall–Kier alpha value is -3.11. The third kappa shape index (κ3) is 5.19. The van der Waals surface area contributed by atoms with Crippen molar-refractivity contribution >= 4 is 29.1 Å². The van der Waals surface area contributed by atoms with Crippen LogP contribution in [-0.4, -0.2) is 11.8 Å². The fourth-order valence-corrected chi connectivity index (χ4v) is 2.63. The van der Waals surface area contributed by atoms with Gasteiger partial charge in [0.05, 0.1) is 0 Å². The first-order valence-corrected chi connectivity index (χ1v) is 8.90. The molecule has 2 N–H and O–H groups in total. The summed E-state index contributed by atoms with van der Waals surface area (Å²) in [6.07, 6.45) is 0. The summed E-state index contributed by atoms with van der Waals surface area (Å²) in [5.41, 5.74) is 3.81. The van der Waals surface area contributed by atoms with E-state index in [0.29, 0.717) is 22.7 Å². The minimum absolute atomic E-state index is 0.199. The van der Waals surface area contributed by atoms with Crippen LogP contribution in [0.25, 0.3) is 0 Å². The Balaban J connectivity index is 1.58. The van der Waals surface area contributed by atoms with Gasteiger partial charge in [-0.3, -0.25) is 9.59 Å². The lowest BCUT2D eigenvalue weighted by atomic mass is 10.1. The Labute approximate surface area is 163 Å². The Morgan fingerprint density at radius 2 is 1.33 bits per heavy atom. The van der Waals surface area contributed by atoms with Crippen molar-refractivity contribution in [2.24, 2.45) is 0 Å². The highest BCUT2D eigenvalue weighted by Crippen LogP contribution is 2.12. The molecule has 0 heterocycles. The summed E-state index contributed by atoms with van der Waals surface area (Å²) in [5.74, 6) is -0.414. The van der Waals surface area contributed by atoms with Gasteiger partial charge in [-0.25, -0.2) is 0 Å². The summed E-state index contributed by atoms with van der Waals surface area (Å²) in [4.78, 5) is 24.5. The topological polar surface area (TPSA) is 58.2 Å². The Bertz CT molecular complexity index is 934. The van der Waals surface area contributed by atoms with Gasteiger partial charge in [0.2, 0.25) is 0 Å². The van der Waals surface area contributed by atoms with E-state index in [0.717, 1.165) is 16.8 Å². The van der Waals surface area contributed by atoms with Gasteiger partial charge in [-0.2, -0.15) is 0 Å².